The van der Waals surface area contributed by atoms with E-state index in [2.05, 4.69) is 9.97 Å². The zero-order chi connectivity index (χ0) is 7.40. The van der Waals surface area contributed by atoms with Gasteiger partial charge in [-0.05, 0) is 0 Å². The van der Waals surface area contributed by atoms with E-state index in [0.717, 1.165) is 5.03 Å². The maximum atomic E-state index is 10.3. The van der Waals surface area contributed by atoms with Crippen molar-refractivity contribution in [2.24, 2.45) is 5.73 Å². The molecule has 0 saturated heterocycles. The summed E-state index contributed by atoms with van der Waals surface area (Å²) in [4.78, 5) is 16.9. The average molecular weight is 157 g/mol. The van der Waals surface area contributed by atoms with Gasteiger partial charge in [-0.1, -0.05) is 11.8 Å². The molecule has 1 amide bonds. The molecule has 0 aliphatic heterocycles. The summed E-state index contributed by atoms with van der Waals surface area (Å²) in [5, 5.41) is 0.860. The standard InChI is InChI=1S/C5H7N3OS/c6-4(9)2-10-5-1-7-3-8-5/h1,3H,2H2,(H2,6,9)(H,7,8). The summed E-state index contributed by atoms with van der Waals surface area (Å²) in [5.41, 5.74) is 4.91. The Bertz CT molecular complexity index is 209. The van der Waals surface area contributed by atoms with Gasteiger partial charge in [0.1, 0.15) is 0 Å². The zero-order valence-corrected chi connectivity index (χ0v) is 6.02. The maximum Gasteiger partial charge on any atom is 0.227 e. The summed E-state index contributed by atoms with van der Waals surface area (Å²) in [6, 6.07) is 0. The SMILES string of the molecule is NC(=O)CSc1cnc[nH]1. The van der Waals surface area contributed by atoms with Crippen LogP contribution in [0.25, 0.3) is 0 Å². The molecule has 0 saturated carbocycles. The average Bonchev–Trinajstić information content (AvgIpc) is 2.34. The fourth-order valence-electron chi connectivity index (χ4n) is 0.471. The molecule has 1 aromatic rings. The molecule has 5 heteroatoms. The number of rotatable bonds is 3. The molecule has 0 aliphatic carbocycles. The Morgan fingerprint density at radius 1 is 1.90 bits per heavy atom. The Balaban J connectivity index is 2.35. The van der Waals surface area contributed by atoms with Crippen LogP contribution in [0.5, 0.6) is 0 Å². The number of H-pyrrole nitrogens is 1. The summed E-state index contributed by atoms with van der Waals surface area (Å²) in [6.45, 7) is 0. The zero-order valence-electron chi connectivity index (χ0n) is 5.20. The lowest BCUT2D eigenvalue weighted by Crippen LogP contribution is -2.12. The molecular formula is C5H7N3OS. The second-order valence-corrected chi connectivity index (χ2v) is 2.69. The van der Waals surface area contributed by atoms with Crippen molar-refractivity contribution in [3.05, 3.63) is 12.5 Å². The quantitative estimate of drug-likeness (QED) is 0.606. The smallest absolute Gasteiger partial charge is 0.227 e. The van der Waals surface area contributed by atoms with E-state index in [1.807, 2.05) is 0 Å². The number of nitrogens with one attached hydrogen (secondary N) is 1. The molecule has 0 aromatic carbocycles. The van der Waals surface area contributed by atoms with Crippen molar-refractivity contribution in [3.8, 4) is 0 Å². The van der Waals surface area contributed by atoms with Crippen LogP contribution in [0.2, 0.25) is 0 Å². The minimum Gasteiger partial charge on any atom is -0.369 e. The summed E-state index contributed by atoms with van der Waals surface area (Å²) in [7, 11) is 0. The van der Waals surface area contributed by atoms with Gasteiger partial charge in [0.05, 0.1) is 23.3 Å². The fraction of sp³-hybridized carbons (Fsp3) is 0.200. The van der Waals surface area contributed by atoms with Crippen molar-refractivity contribution < 1.29 is 4.79 Å². The van der Waals surface area contributed by atoms with E-state index in [0.29, 0.717) is 5.75 Å². The number of carbonyl (C=O) groups is 1. The monoisotopic (exact) mass is 157 g/mol. The molecule has 1 heterocycles. The number of amides is 1. The van der Waals surface area contributed by atoms with E-state index in [1.165, 1.54) is 11.8 Å². The first-order valence-corrected chi connectivity index (χ1v) is 3.67. The number of imidazole rings is 1. The molecule has 54 valence electrons. The first-order valence-electron chi connectivity index (χ1n) is 2.68. The van der Waals surface area contributed by atoms with Crippen molar-refractivity contribution in [2.45, 2.75) is 5.03 Å². The van der Waals surface area contributed by atoms with Gasteiger partial charge in [0.15, 0.2) is 0 Å². The highest BCUT2D eigenvalue weighted by Crippen LogP contribution is 2.11. The molecule has 10 heavy (non-hydrogen) atoms. The highest BCUT2D eigenvalue weighted by molar-refractivity contribution is 7.99. The second kappa shape index (κ2) is 3.26. The van der Waals surface area contributed by atoms with Crippen LogP contribution < -0.4 is 5.73 Å². The molecule has 0 bridgehead atoms. The van der Waals surface area contributed by atoms with Crippen LogP contribution in [0.3, 0.4) is 0 Å². The second-order valence-electron chi connectivity index (χ2n) is 1.67. The minimum atomic E-state index is -0.320. The molecule has 0 spiro atoms. The number of aromatic amines is 1. The van der Waals surface area contributed by atoms with E-state index >= 15 is 0 Å². The van der Waals surface area contributed by atoms with Gasteiger partial charge >= 0.3 is 0 Å². The third-order valence-electron chi connectivity index (χ3n) is 0.843. The van der Waals surface area contributed by atoms with Crippen LogP contribution in [0.4, 0.5) is 0 Å². The van der Waals surface area contributed by atoms with Gasteiger partial charge in [-0.3, -0.25) is 4.79 Å². The van der Waals surface area contributed by atoms with Gasteiger partial charge < -0.3 is 10.7 Å². The summed E-state index contributed by atoms with van der Waals surface area (Å²) in [6.07, 6.45) is 3.21. The lowest BCUT2D eigenvalue weighted by Gasteiger charge is -1.90. The third-order valence-corrected chi connectivity index (χ3v) is 1.81. The van der Waals surface area contributed by atoms with Crippen LogP contribution >= 0.6 is 11.8 Å². The molecule has 1 rings (SSSR count). The van der Waals surface area contributed by atoms with Crippen LogP contribution in [0, 0.1) is 0 Å². The summed E-state index contributed by atoms with van der Waals surface area (Å²) < 4.78 is 0. The topological polar surface area (TPSA) is 71.8 Å². The highest BCUT2D eigenvalue weighted by atomic mass is 32.2. The van der Waals surface area contributed by atoms with Gasteiger partial charge in [-0.25, -0.2) is 4.98 Å². The predicted octanol–water partition coefficient (Wildman–Crippen LogP) is -0.0129. The number of nitrogens with zero attached hydrogens (tertiary/aromatic N) is 1. The summed E-state index contributed by atoms with van der Waals surface area (Å²) >= 11 is 1.34. The summed E-state index contributed by atoms with van der Waals surface area (Å²) in [5.74, 6) is -0.0260. The number of thioether (sulfide) groups is 1. The number of hydrogen-bond donors (Lipinski definition) is 2. The Morgan fingerprint density at radius 3 is 3.20 bits per heavy atom. The van der Waals surface area contributed by atoms with Gasteiger partial charge in [0.2, 0.25) is 5.91 Å². The van der Waals surface area contributed by atoms with Crippen molar-refractivity contribution >= 4 is 17.7 Å². The molecule has 0 fully saturated rings. The van der Waals surface area contributed by atoms with Gasteiger partial charge in [-0.2, -0.15) is 0 Å². The molecule has 0 radical (unpaired) electrons. The van der Waals surface area contributed by atoms with E-state index < -0.39 is 0 Å². The highest BCUT2D eigenvalue weighted by Gasteiger charge is 1.96. The first-order chi connectivity index (χ1) is 4.79. The number of primary amides is 1. The fourth-order valence-corrected chi connectivity index (χ4v) is 1.04. The lowest BCUT2D eigenvalue weighted by atomic mass is 10.8. The Kier molecular flexibility index (Phi) is 2.33. The molecule has 0 unspecified atom stereocenters. The maximum absolute atomic E-state index is 10.3. The normalized spacial score (nSPS) is 9.60. The van der Waals surface area contributed by atoms with Crippen LogP contribution in [-0.2, 0) is 4.79 Å². The molecule has 0 atom stereocenters. The predicted molar refractivity (Wildman–Crippen MR) is 38.5 cm³/mol. The Morgan fingerprint density at radius 2 is 2.70 bits per heavy atom. The van der Waals surface area contributed by atoms with E-state index in [-0.39, 0.29) is 5.91 Å². The van der Waals surface area contributed by atoms with Crippen molar-refractivity contribution in [1.82, 2.24) is 9.97 Å². The van der Waals surface area contributed by atoms with Crippen LogP contribution in [-0.4, -0.2) is 21.6 Å². The van der Waals surface area contributed by atoms with Gasteiger partial charge in [-0.15, -0.1) is 0 Å². The van der Waals surface area contributed by atoms with Crippen molar-refractivity contribution in [3.63, 3.8) is 0 Å². The molecule has 4 nitrogen and oxygen atoms in total. The number of aromatic nitrogens is 2. The number of nitrogens with two attached hydrogens (primary N) is 1. The molecule has 3 N–H and O–H groups in total. The largest absolute Gasteiger partial charge is 0.369 e. The van der Waals surface area contributed by atoms with E-state index in [4.69, 9.17) is 5.73 Å². The molecular weight excluding hydrogens is 150 g/mol. The van der Waals surface area contributed by atoms with Crippen LogP contribution in [0.1, 0.15) is 0 Å². The number of hydrogen-bond acceptors (Lipinski definition) is 3. The first kappa shape index (κ1) is 7.14. The Hall–Kier alpha value is -0.970. The van der Waals surface area contributed by atoms with E-state index in [9.17, 15) is 4.79 Å². The molecule has 1 aromatic heterocycles. The number of carbonyl (C=O) groups excluding carboxylic acids is 1. The van der Waals surface area contributed by atoms with Crippen molar-refractivity contribution in [2.75, 3.05) is 5.75 Å². The van der Waals surface area contributed by atoms with Crippen LogP contribution in [0.15, 0.2) is 17.6 Å². The van der Waals surface area contributed by atoms with Crippen molar-refractivity contribution in [1.29, 1.82) is 0 Å². The minimum absolute atomic E-state index is 0.294. The van der Waals surface area contributed by atoms with Gasteiger partial charge in [0, 0.05) is 0 Å². The van der Waals surface area contributed by atoms with E-state index in [1.54, 1.807) is 12.5 Å². The Labute approximate surface area is 62.2 Å². The lowest BCUT2D eigenvalue weighted by molar-refractivity contribution is -0.115. The molecule has 0 aliphatic rings. The van der Waals surface area contributed by atoms with Gasteiger partial charge in [0.25, 0.3) is 0 Å². The third kappa shape index (κ3) is 2.10.